The van der Waals surface area contributed by atoms with E-state index in [1.54, 1.807) is 0 Å². The second-order valence-electron chi connectivity index (χ2n) is 5.38. The predicted molar refractivity (Wildman–Crippen MR) is 54.4 cm³/mol. The van der Waals surface area contributed by atoms with Crippen LogP contribution in [-0.4, -0.2) is 41.4 Å². The molecule has 88 valence electrons. The minimum absolute atomic E-state index is 0.114. The van der Waals surface area contributed by atoms with Crippen molar-refractivity contribution in [2.24, 2.45) is 23.7 Å². The van der Waals surface area contributed by atoms with Gasteiger partial charge in [-0.3, -0.25) is 0 Å². The topological polar surface area (TPSA) is 58.9 Å². The lowest BCUT2D eigenvalue weighted by molar-refractivity contribution is -0.194. The summed E-state index contributed by atoms with van der Waals surface area (Å²) >= 11 is 0. The first-order chi connectivity index (χ1) is 7.74. The molecule has 0 aromatic rings. The zero-order valence-electron chi connectivity index (χ0n) is 8.95. The number of fused-ring (bicyclic) bond motifs is 3. The monoisotopic (exact) mass is 224 g/mol. The third-order valence-electron chi connectivity index (χ3n) is 4.84. The zero-order valence-corrected chi connectivity index (χ0v) is 8.95. The molecule has 3 fully saturated rings. The Morgan fingerprint density at radius 1 is 0.938 bits per heavy atom. The van der Waals surface area contributed by atoms with Gasteiger partial charge in [-0.15, -0.1) is 0 Å². The van der Waals surface area contributed by atoms with E-state index >= 15 is 0 Å². The van der Waals surface area contributed by atoms with E-state index in [1.807, 2.05) is 0 Å². The van der Waals surface area contributed by atoms with Gasteiger partial charge in [0.15, 0.2) is 5.79 Å². The quantitative estimate of drug-likeness (QED) is 0.564. The standard InChI is InChI=1S/C12H16O4/c13-8-5-9(14)11-7-2-1-6(10(8)11)12(7)15-3-4-16-12/h1-2,6-11,13-14H,3-5H2/t6-,7+,8-,9-,10-,11+/m0/s1. The summed E-state index contributed by atoms with van der Waals surface area (Å²) in [5, 5.41) is 20.1. The van der Waals surface area contributed by atoms with E-state index in [4.69, 9.17) is 9.47 Å². The molecule has 1 aliphatic heterocycles. The molecule has 3 aliphatic carbocycles. The van der Waals surface area contributed by atoms with Crippen LogP contribution in [0.15, 0.2) is 12.2 Å². The van der Waals surface area contributed by atoms with Gasteiger partial charge in [0.25, 0.3) is 0 Å². The minimum Gasteiger partial charge on any atom is -0.393 e. The Kier molecular flexibility index (Phi) is 1.72. The Morgan fingerprint density at radius 3 is 1.94 bits per heavy atom. The highest BCUT2D eigenvalue weighted by molar-refractivity contribution is 5.27. The summed E-state index contributed by atoms with van der Waals surface area (Å²) < 4.78 is 11.6. The van der Waals surface area contributed by atoms with E-state index < -0.39 is 18.0 Å². The lowest BCUT2D eigenvalue weighted by Gasteiger charge is -2.30. The molecule has 0 unspecified atom stereocenters. The molecule has 16 heavy (non-hydrogen) atoms. The number of aliphatic hydroxyl groups is 2. The van der Waals surface area contributed by atoms with Gasteiger partial charge >= 0.3 is 0 Å². The van der Waals surface area contributed by atoms with E-state index in [0.29, 0.717) is 19.6 Å². The van der Waals surface area contributed by atoms with Gasteiger partial charge in [-0.05, 0) is 6.42 Å². The number of hydrogen-bond donors (Lipinski definition) is 2. The van der Waals surface area contributed by atoms with Crippen molar-refractivity contribution >= 4 is 0 Å². The average Bonchev–Trinajstić information content (AvgIpc) is 2.98. The van der Waals surface area contributed by atoms with Crippen LogP contribution in [0.4, 0.5) is 0 Å². The second-order valence-corrected chi connectivity index (χ2v) is 5.38. The number of aliphatic hydroxyl groups excluding tert-OH is 2. The Labute approximate surface area is 93.9 Å². The van der Waals surface area contributed by atoms with Crippen molar-refractivity contribution < 1.29 is 19.7 Å². The molecule has 1 heterocycles. The van der Waals surface area contributed by atoms with Crippen molar-refractivity contribution in [2.75, 3.05) is 13.2 Å². The summed E-state index contributed by atoms with van der Waals surface area (Å²) in [5.41, 5.74) is 0. The zero-order chi connectivity index (χ0) is 10.9. The first kappa shape index (κ1) is 9.59. The van der Waals surface area contributed by atoms with Crippen LogP contribution in [0.25, 0.3) is 0 Å². The van der Waals surface area contributed by atoms with Gasteiger partial charge in [-0.25, -0.2) is 0 Å². The highest BCUT2D eigenvalue weighted by Crippen LogP contribution is 2.63. The lowest BCUT2D eigenvalue weighted by atomic mass is 9.84. The highest BCUT2D eigenvalue weighted by Gasteiger charge is 2.69. The molecule has 1 saturated heterocycles. The van der Waals surface area contributed by atoms with E-state index in [2.05, 4.69) is 12.2 Å². The van der Waals surface area contributed by atoms with Crippen molar-refractivity contribution in [3.05, 3.63) is 12.2 Å². The second kappa shape index (κ2) is 2.88. The molecular formula is C12H16O4. The summed E-state index contributed by atoms with van der Waals surface area (Å²) in [6.45, 7) is 1.25. The fourth-order valence-electron chi connectivity index (χ4n) is 4.38. The first-order valence-electron chi connectivity index (χ1n) is 6.06. The highest BCUT2D eigenvalue weighted by atomic mass is 16.7. The average molecular weight is 224 g/mol. The third-order valence-corrected chi connectivity index (χ3v) is 4.84. The Hall–Kier alpha value is -0.420. The third kappa shape index (κ3) is 0.874. The molecule has 2 saturated carbocycles. The molecular weight excluding hydrogens is 208 g/mol. The van der Waals surface area contributed by atoms with Gasteiger partial charge in [-0.2, -0.15) is 0 Å². The maximum absolute atomic E-state index is 10.0. The van der Waals surface area contributed by atoms with Crippen LogP contribution in [0, 0.1) is 23.7 Å². The molecule has 0 aromatic carbocycles. The fourth-order valence-corrected chi connectivity index (χ4v) is 4.38. The van der Waals surface area contributed by atoms with Crippen molar-refractivity contribution in [1.82, 2.24) is 0 Å². The van der Waals surface area contributed by atoms with Crippen molar-refractivity contribution in [1.29, 1.82) is 0 Å². The van der Waals surface area contributed by atoms with Crippen molar-refractivity contribution in [3.63, 3.8) is 0 Å². The van der Waals surface area contributed by atoms with Crippen LogP contribution in [-0.2, 0) is 9.47 Å². The van der Waals surface area contributed by atoms with E-state index in [0.717, 1.165) is 0 Å². The molecule has 0 aromatic heterocycles. The predicted octanol–water partition coefficient (Wildman–Crippen LogP) is -0.0968. The van der Waals surface area contributed by atoms with Crippen molar-refractivity contribution in [3.8, 4) is 0 Å². The first-order valence-corrected chi connectivity index (χ1v) is 6.06. The molecule has 4 rings (SSSR count). The van der Waals surface area contributed by atoms with Crippen LogP contribution in [0.1, 0.15) is 6.42 Å². The Bertz CT molecular complexity index is 321. The van der Waals surface area contributed by atoms with Crippen LogP contribution in [0.3, 0.4) is 0 Å². The number of ether oxygens (including phenoxy) is 2. The molecule has 0 amide bonds. The van der Waals surface area contributed by atoms with E-state index in [1.165, 1.54) is 0 Å². The summed E-state index contributed by atoms with van der Waals surface area (Å²) in [6.07, 6.45) is 3.89. The summed E-state index contributed by atoms with van der Waals surface area (Å²) in [6, 6.07) is 0. The van der Waals surface area contributed by atoms with Crippen LogP contribution < -0.4 is 0 Å². The smallest absolute Gasteiger partial charge is 0.181 e. The van der Waals surface area contributed by atoms with Gasteiger partial charge < -0.3 is 19.7 Å². The van der Waals surface area contributed by atoms with Crippen LogP contribution in [0.2, 0.25) is 0 Å². The van der Waals surface area contributed by atoms with E-state index in [-0.39, 0.29) is 23.7 Å². The maximum atomic E-state index is 10.0. The van der Waals surface area contributed by atoms with E-state index in [9.17, 15) is 10.2 Å². The van der Waals surface area contributed by atoms with Crippen molar-refractivity contribution in [2.45, 2.75) is 24.4 Å². The molecule has 4 heteroatoms. The Balaban J connectivity index is 1.78. The van der Waals surface area contributed by atoms with Crippen LogP contribution in [0.5, 0.6) is 0 Å². The molecule has 2 N–H and O–H groups in total. The van der Waals surface area contributed by atoms with Gasteiger partial charge in [0.05, 0.1) is 25.4 Å². The largest absolute Gasteiger partial charge is 0.393 e. The number of hydrogen-bond acceptors (Lipinski definition) is 4. The lowest BCUT2D eigenvalue weighted by Crippen LogP contribution is -2.40. The van der Waals surface area contributed by atoms with Gasteiger partial charge in [0.2, 0.25) is 0 Å². The van der Waals surface area contributed by atoms with Gasteiger partial charge in [-0.1, -0.05) is 12.2 Å². The molecule has 0 radical (unpaired) electrons. The normalized spacial score (nSPS) is 56.4. The summed E-state index contributed by atoms with van der Waals surface area (Å²) in [7, 11) is 0. The molecule has 1 spiro atoms. The number of rotatable bonds is 0. The molecule has 4 nitrogen and oxygen atoms in total. The van der Waals surface area contributed by atoms with Crippen LogP contribution >= 0.6 is 0 Å². The Morgan fingerprint density at radius 2 is 1.44 bits per heavy atom. The molecule has 6 atom stereocenters. The molecule has 2 bridgehead atoms. The minimum atomic E-state index is -0.558. The fraction of sp³-hybridized carbons (Fsp3) is 0.833. The SMILES string of the molecule is O[C@H]1C[C@H](O)[C@H]2[C@@H]1[C@H]1C=C[C@@H]2C12OCCO2. The van der Waals surface area contributed by atoms with Gasteiger partial charge in [0.1, 0.15) is 0 Å². The van der Waals surface area contributed by atoms with Gasteiger partial charge in [0, 0.05) is 23.7 Å². The summed E-state index contributed by atoms with van der Waals surface area (Å²) in [4.78, 5) is 0. The summed E-state index contributed by atoms with van der Waals surface area (Å²) in [5.74, 6) is -0.0851. The molecule has 4 aliphatic rings. The maximum Gasteiger partial charge on any atom is 0.181 e.